The summed E-state index contributed by atoms with van der Waals surface area (Å²) in [6, 6.07) is 0. The Bertz CT molecular complexity index is 287. The molecular formula is C14H24O3. The quantitative estimate of drug-likeness (QED) is 0.657. The molecule has 2 saturated heterocycles. The Morgan fingerprint density at radius 1 is 1.06 bits per heavy atom. The zero-order valence-corrected chi connectivity index (χ0v) is 11.0. The normalized spacial score (nSPS) is 48.0. The molecule has 2 heterocycles. The molecular weight excluding hydrogens is 216 g/mol. The molecule has 0 aromatic carbocycles. The number of fused-ring (bicyclic) bond motifs is 1. The number of hydrogen-bond acceptors (Lipinski definition) is 3. The van der Waals surface area contributed by atoms with Gasteiger partial charge in [-0.25, -0.2) is 9.78 Å². The topological polar surface area (TPSA) is 27.7 Å². The Morgan fingerprint density at radius 3 is 2.59 bits per heavy atom. The average molecular weight is 240 g/mol. The van der Waals surface area contributed by atoms with Gasteiger partial charge in [0.05, 0.1) is 6.61 Å². The highest BCUT2D eigenvalue weighted by Gasteiger charge is 2.54. The molecule has 3 heteroatoms. The van der Waals surface area contributed by atoms with Gasteiger partial charge in [0.15, 0.2) is 6.29 Å². The molecule has 3 aliphatic rings. The minimum atomic E-state index is -0.140. The summed E-state index contributed by atoms with van der Waals surface area (Å²) in [5.74, 6) is 0.662. The monoisotopic (exact) mass is 240 g/mol. The zero-order chi connectivity index (χ0) is 11.9. The lowest BCUT2D eigenvalue weighted by Crippen LogP contribution is -2.51. The standard InChI is InChI=1S/C14H24O3/c1-13-8-9-15-12(13)16-17-14(2,10-13)11-6-4-3-5-7-11/h11-12H,3-10H2,1-2H3/t12?,13-,14?/m0/s1. The average Bonchev–Trinajstić information content (AvgIpc) is 2.70. The van der Waals surface area contributed by atoms with Crippen LogP contribution in [0.5, 0.6) is 0 Å². The van der Waals surface area contributed by atoms with Crippen molar-refractivity contribution in [3.05, 3.63) is 0 Å². The lowest BCUT2D eigenvalue weighted by molar-refractivity contribution is -0.470. The van der Waals surface area contributed by atoms with Crippen LogP contribution < -0.4 is 0 Å². The van der Waals surface area contributed by atoms with Crippen molar-refractivity contribution in [3.63, 3.8) is 0 Å². The third-order valence-corrected chi connectivity index (χ3v) is 5.06. The Hall–Kier alpha value is -0.120. The summed E-state index contributed by atoms with van der Waals surface area (Å²) >= 11 is 0. The molecule has 3 nitrogen and oxygen atoms in total. The van der Waals surface area contributed by atoms with Crippen molar-refractivity contribution in [3.8, 4) is 0 Å². The third kappa shape index (κ3) is 2.02. The fourth-order valence-corrected chi connectivity index (χ4v) is 3.94. The molecule has 3 atom stereocenters. The van der Waals surface area contributed by atoms with Crippen LogP contribution in [0.15, 0.2) is 0 Å². The minimum absolute atomic E-state index is 0.0978. The second-order valence-electron chi connectivity index (χ2n) is 6.61. The van der Waals surface area contributed by atoms with E-state index in [-0.39, 0.29) is 17.3 Å². The molecule has 3 fully saturated rings. The first-order chi connectivity index (χ1) is 8.12. The van der Waals surface area contributed by atoms with Gasteiger partial charge in [-0.05, 0) is 38.5 Å². The molecule has 0 aromatic heterocycles. The molecule has 2 aliphatic heterocycles. The van der Waals surface area contributed by atoms with E-state index in [1.54, 1.807) is 0 Å². The first-order valence-corrected chi connectivity index (χ1v) is 7.09. The molecule has 17 heavy (non-hydrogen) atoms. The minimum Gasteiger partial charge on any atom is -0.349 e. The predicted molar refractivity (Wildman–Crippen MR) is 64.2 cm³/mol. The smallest absolute Gasteiger partial charge is 0.196 e. The van der Waals surface area contributed by atoms with Crippen LogP contribution in [0, 0.1) is 11.3 Å². The largest absolute Gasteiger partial charge is 0.349 e. The van der Waals surface area contributed by atoms with Gasteiger partial charge in [0, 0.05) is 5.41 Å². The maximum atomic E-state index is 5.76. The van der Waals surface area contributed by atoms with Crippen molar-refractivity contribution in [1.82, 2.24) is 0 Å². The van der Waals surface area contributed by atoms with Crippen LogP contribution in [0.3, 0.4) is 0 Å². The van der Waals surface area contributed by atoms with E-state index in [0.717, 1.165) is 19.4 Å². The van der Waals surface area contributed by atoms with E-state index < -0.39 is 0 Å². The Labute approximate surface area is 104 Å². The molecule has 1 saturated carbocycles. The summed E-state index contributed by atoms with van der Waals surface area (Å²) in [6.45, 7) is 5.34. The molecule has 0 amide bonds. The maximum absolute atomic E-state index is 5.76. The van der Waals surface area contributed by atoms with Crippen LogP contribution in [-0.4, -0.2) is 18.5 Å². The summed E-state index contributed by atoms with van der Waals surface area (Å²) in [7, 11) is 0. The molecule has 0 N–H and O–H groups in total. The first-order valence-electron chi connectivity index (χ1n) is 7.09. The SMILES string of the molecule is CC1(C2CCCCC2)C[C@]2(C)CCOC2OO1. The Morgan fingerprint density at radius 2 is 1.82 bits per heavy atom. The van der Waals surface area contributed by atoms with Gasteiger partial charge in [-0.2, -0.15) is 0 Å². The van der Waals surface area contributed by atoms with Gasteiger partial charge in [0.1, 0.15) is 5.60 Å². The summed E-state index contributed by atoms with van der Waals surface area (Å²) < 4.78 is 5.59. The molecule has 0 aromatic rings. The van der Waals surface area contributed by atoms with E-state index in [2.05, 4.69) is 13.8 Å². The summed E-state index contributed by atoms with van der Waals surface area (Å²) in [5, 5.41) is 0. The van der Waals surface area contributed by atoms with Gasteiger partial charge < -0.3 is 4.74 Å². The second kappa shape index (κ2) is 4.22. The van der Waals surface area contributed by atoms with Crippen molar-refractivity contribution in [2.45, 2.75) is 70.7 Å². The molecule has 3 rings (SSSR count). The summed E-state index contributed by atoms with van der Waals surface area (Å²) in [6.07, 6.45) is 8.71. The van der Waals surface area contributed by atoms with Crippen molar-refractivity contribution in [1.29, 1.82) is 0 Å². The van der Waals surface area contributed by atoms with Gasteiger partial charge in [-0.3, -0.25) is 0 Å². The van der Waals surface area contributed by atoms with Crippen molar-refractivity contribution < 1.29 is 14.5 Å². The van der Waals surface area contributed by atoms with Crippen molar-refractivity contribution in [2.24, 2.45) is 11.3 Å². The summed E-state index contributed by atoms with van der Waals surface area (Å²) in [5.41, 5.74) is 0.0593. The van der Waals surface area contributed by atoms with E-state index >= 15 is 0 Å². The van der Waals surface area contributed by atoms with Gasteiger partial charge in [-0.1, -0.05) is 26.2 Å². The van der Waals surface area contributed by atoms with Crippen LogP contribution in [0.1, 0.15) is 58.8 Å². The van der Waals surface area contributed by atoms with Gasteiger partial charge in [0.25, 0.3) is 0 Å². The highest BCUT2D eigenvalue weighted by Crippen LogP contribution is 2.51. The number of ether oxygens (including phenoxy) is 1. The number of rotatable bonds is 1. The van der Waals surface area contributed by atoms with E-state index in [9.17, 15) is 0 Å². The molecule has 0 bridgehead atoms. The van der Waals surface area contributed by atoms with Crippen molar-refractivity contribution in [2.75, 3.05) is 6.61 Å². The molecule has 1 aliphatic carbocycles. The van der Waals surface area contributed by atoms with Gasteiger partial charge in [0.2, 0.25) is 0 Å². The zero-order valence-electron chi connectivity index (χ0n) is 11.0. The highest BCUT2D eigenvalue weighted by atomic mass is 17.2. The lowest BCUT2D eigenvalue weighted by atomic mass is 9.68. The van der Waals surface area contributed by atoms with E-state index in [4.69, 9.17) is 14.5 Å². The molecule has 0 spiro atoms. The van der Waals surface area contributed by atoms with Crippen LogP contribution in [0.25, 0.3) is 0 Å². The Balaban J connectivity index is 1.74. The second-order valence-corrected chi connectivity index (χ2v) is 6.61. The van der Waals surface area contributed by atoms with E-state index in [0.29, 0.717) is 5.92 Å². The Kier molecular flexibility index (Phi) is 2.96. The molecule has 98 valence electrons. The van der Waals surface area contributed by atoms with Crippen LogP contribution >= 0.6 is 0 Å². The summed E-state index contributed by atoms with van der Waals surface area (Å²) in [4.78, 5) is 11.3. The van der Waals surface area contributed by atoms with Crippen LogP contribution in [-0.2, 0) is 14.5 Å². The fraction of sp³-hybridized carbons (Fsp3) is 1.00. The maximum Gasteiger partial charge on any atom is 0.196 e. The first kappa shape index (κ1) is 11.9. The predicted octanol–water partition coefficient (Wildman–Crippen LogP) is 3.43. The van der Waals surface area contributed by atoms with E-state index in [1.807, 2.05) is 0 Å². The third-order valence-electron chi connectivity index (χ3n) is 5.06. The number of hydrogen-bond donors (Lipinski definition) is 0. The van der Waals surface area contributed by atoms with Crippen LogP contribution in [0.2, 0.25) is 0 Å². The highest BCUT2D eigenvalue weighted by molar-refractivity contribution is 4.96. The van der Waals surface area contributed by atoms with E-state index in [1.165, 1.54) is 32.1 Å². The fourth-order valence-electron chi connectivity index (χ4n) is 3.94. The van der Waals surface area contributed by atoms with Crippen molar-refractivity contribution >= 4 is 0 Å². The van der Waals surface area contributed by atoms with Gasteiger partial charge >= 0.3 is 0 Å². The molecule has 2 unspecified atom stereocenters. The lowest BCUT2D eigenvalue weighted by Gasteiger charge is -2.48. The van der Waals surface area contributed by atoms with Crippen LogP contribution in [0.4, 0.5) is 0 Å². The van der Waals surface area contributed by atoms with Gasteiger partial charge in [-0.15, -0.1) is 0 Å². The molecule has 0 radical (unpaired) electrons.